The number of carbonyl (C=O) groups is 2. The van der Waals surface area contributed by atoms with Crippen molar-refractivity contribution >= 4 is 11.8 Å². The van der Waals surface area contributed by atoms with Crippen LogP contribution in [0.3, 0.4) is 0 Å². The number of aromatic nitrogens is 2. The van der Waals surface area contributed by atoms with E-state index in [4.69, 9.17) is 0 Å². The molecule has 1 fully saturated rings. The largest absolute Gasteiger partial charge is 0.357 e. The normalized spacial score (nSPS) is 17.6. The van der Waals surface area contributed by atoms with E-state index in [0.29, 0.717) is 12.1 Å². The van der Waals surface area contributed by atoms with Crippen molar-refractivity contribution < 1.29 is 9.59 Å². The number of likely N-dealkylation sites (N-methyl/N-ethyl adjacent to an activating group) is 1. The molecule has 0 spiro atoms. The summed E-state index contributed by atoms with van der Waals surface area (Å²) in [5.41, 5.74) is 2.54. The molecule has 3 rings (SSSR count). The summed E-state index contributed by atoms with van der Waals surface area (Å²) in [5, 5.41) is 6.93. The third kappa shape index (κ3) is 3.04. The number of hydrogen-bond acceptors (Lipinski definition) is 3. The highest BCUT2D eigenvalue weighted by molar-refractivity contribution is 5.97. The molecule has 24 heavy (non-hydrogen) atoms. The molecule has 0 radical (unpaired) electrons. The Morgan fingerprint density at radius 2 is 1.92 bits per heavy atom. The number of likely N-dealkylation sites (tertiary alicyclic amines) is 1. The predicted octanol–water partition coefficient (Wildman–Crippen LogP) is 1.92. The molecule has 1 N–H and O–H groups in total. The van der Waals surface area contributed by atoms with Gasteiger partial charge in [0.05, 0.1) is 5.69 Å². The van der Waals surface area contributed by atoms with Gasteiger partial charge in [0.2, 0.25) is 5.91 Å². The first kappa shape index (κ1) is 16.2. The summed E-state index contributed by atoms with van der Waals surface area (Å²) in [4.78, 5) is 26.6. The van der Waals surface area contributed by atoms with Gasteiger partial charge in [0.1, 0.15) is 6.04 Å². The van der Waals surface area contributed by atoms with Crippen LogP contribution in [0.2, 0.25) is 0 Å². The first-order chi connectivity index (χ1) is 11.6. The van der Waals surface area contributed by atoms with Gasteiger partial charge in [0.15, 0.2) is 0 Å². The van der Waals surface area contributed by atoms with E-state index < -0.39 is 0 Å². The van der Waals surface area contributed by atoms with Gasteiger partial charge < -0.3 is 10.2 Å². The molecule has 1 aromatic heterocycles. The molecule has 2 heterocycles. The molecule has 1 aliphatic heterocycles. The summed E-state index contributed by atoms with van der Waals surface area (Å²) in [6.07, 6.45) is 4.37. The average Bonchev–Trinajstić information content (AvgIpc) is 3.06. The first-order valence-electron chi connectivity index (χ1n) is 8.25. The van der Waals surface area contributed by atoms with Crippen molar-refractivity contribution in [2.24, 2.45) is 0 Å². The Balaban J connectivity index is 1.81. The van der Waals surface area contributed by atoms with Crippen molar-refractivity contribution in [3.63, 3.8) is 0 Å². The van der Waals surface area contributed by atoms with Crippen LogP contribution in [0.5, 0.6) is 0 Å². The Morgan fingerprint density at radius 3 is 2.54 bits per heavy atom. The van der Waals surface area contributed by atoms with Crippen molar-refractivity contribution in [3.05, 3.63) is 47.8 Å². The fourth-order valence-corrected chi connectivity index (χ4v) is 3.16. The summed E-state index contributed by atoms with van der Waals surface area (Å²) < 4.78 is 1.82. The molecule has 0 bridgehead atoms. The molecule has 1 atom stereocenters. The minimum atomic E-state index is -0.371. The molecule has 0 saturated carbocycles. The highest BCUT2D eigenvalue weighted by Crippen LogP contribution is 2.21. The summed E-state index contributed by atoms with van der Waals surface area (Å²) in [6, 6.07) is 8.92. The van der Waals surface area contributed by atoms with Crippen LogP contribution in [0, 0.1) is 6.92 Å². The van der Waals surface area contributed by atoms with E-state index in [-0.39, 0.29) is 17.9 Å². The second kappa shape index (κ2) is 6.86. The zero-order valence-electron chi connectivity index (χ0n) is 14.0. The van der Waals surface area contributed by atoms with Gasteiger partial charge in [-0.05, 0) is 56.5 Å². The van der Waals surface area contributed by atoms with Crippen molar-refractivity contribution in [2.45, 2.75) is 32.2 Å². The number of aryl methyl sites for hydroxylation is 1. The van der Waals surface area contributed by atoms with Crippen molar-refractivity contribution in [3.8, 4) is 5.69 Å². The number of nitrogens with zero attached hydrogens (tertiary/aromatic N) is 3. The van der Waals surface area contributed by atoms with Gasteiger partial charge in [-0.2, -0.15) is 5.10 Å². The van der Waals surface area contributed by atoms with Gasteiger partial charge in [-0.25, -0.2) is 4.68 Å². The molecule has 6 nitrogen and oxygen atoms in total. The zero-order valence-corrected chi connectivity index (χ0v) is 14.0. The average molecular weight is 326 g/mol. The fraction of sp³-hybridized carbons (Fsp3) is 0.389. The van der Waals surface area contributed by atoms with Crippen LogP contribution in [0.4, 0.5) is 0 Å². The van der Waals surface area contributed by atoms with E-state index in [1.807, 2.05) is 29.8 Å². The van der Waals surface area contributed by atoms with E-state index in [9.17, 15) is 9.59 Å². The topological polar surface area (TPSA) is 67.2 Å². The van der Waals surface area contributed by atoms with Crippen LogP contribution in [0.15, 0.2) is 36.5 Å². The lowest BCUT2D eigenvalue weighted by Gasteiger charge is -2.34. The van der Waals surface area contributed by atoms with E-state index in [0.717, 1.165) is 30.6 Å². The van der Waals surface area contributed by atoms with Gasteiger partial charge >= 0.3 is 0 Å². The molecule has 2 aromatic rings. The first-order valence-corrected chi connectivity index (χ1v) is 8.25. The number of carbonyl (C=O) groups excluding carboxylic acids is 2. The maximum absolute atomic E-state index is 12.8. The van der Waals surface area contributed by atoms with E-state index in [2.05, 4.69) is 10.4 Å². The van der Waals surface area contributed by atoms with Gasteiger partial charge in [-0.3, -0.25) is 9.59 Å². The van der Waals surface area contributed by atoms with Crippen molar-refractivity contribution in [1.82, 2.24) is 20.0 Å². The lowest BCUT2D eigenvalue weighted by molar-refractivity contribution is -0.126. The molecule has 6 heteroatoms. The quantitative estimate of drug-likeness (QED) is 0.937. The van der Waals surface area contributed by atoms with Crippen LogP contribution in [-0.2, 0) is 4.79 Å². The fourth-order valence-electron chi connectivity index (χ4n) is 3.16. The van der Waals surface area contributed by atoms with Crippen LogP contribution < -0.4 is 5.32 Å². The van der Waals surface area contributed by atoms with Gasteiger partial charge in [0, 0.05) is 31.0 Å². The Labute approximate surface area is 141 Å². The number of rotatable bonds is 3. The highest BCUT2D eigenvalue weighted by atomic mass is 16.2. The third-order valence-corrected chi connectivity index (χ3v) is 4.50. The third-order valence-electron chi connectivity index (χ3n) is 4.50. The minimum absolute atomic E-state index is 0.0907. The molecule has 1 aromatic carbocycles. The Morgan fingerprint density at radius 1 is 1.17 bits per heavy atom. The van der Waals surface area contributed by atoms with Crippen LogP contribution in [-0.4, -0.2) is 46.1 Å². The van der Waals surface area contributed by atoms with Crippen LogP contribution >= 0.6 is 0 Å². The zero-order chi connectivity index (χ0) is 17.1. The second-order valence-electron chi connectivity index (χ2n) is 6.06. The Bertz CT molecular complexity index is 736. The van der Waals surface area contributed by atoms with Crippen molar-refractivity contribution in [1.29, 1.82) is 0 Å². The number of piperidine rings is 1. The van der Waals surface area contributed by atoms with Crippen LogP contribution in [0.1, 0.15) is 35.3 Å². The molecule has 0 aliphatic carbocycles. The number of amides is 2. The summed E-state index contributed by atoms with van der Waals surface area (Å²) in [6.45, 7) is 2.60. The summed E-state index contributed by atoms with van der Waals surface area (Å²) in [7, 11) is 1.61. The lowest BCUT2D eigenvalue weighted by atomic mass is 10.00. The maximum atomic E-state index is 12.8. The van der Waals surface area contributed by atoms with E-state index >= 15 is 0 Å². The summed E-state index contributed by atoms with van der Waals surface area (Å²) in [5.74, 6) is -0.182. The predicted molar refractivity (Wildman–Crippen MR) is 91.0 cm³/mol. The van der Waals surface area contributed by atoms with Gasteiger partial charge in [-0.1, -0.05) is 0 Å². The Kier molecular flexibility index (Phi) is 4.64. The van der Waals surface area contributed by atoms with E-state index in [1.54, 1.807) is 30.3 Å². The molecule has 2 amide bonds. The van der Waals surface area contributed by atoms with Crippen molar-refractivity contribution in [2.75, 3.05) is 13.6 Å². The molecule has 0 unspecified atom stereocenters. The van der Waals surface area contributed by atoms with Crippen LogP contribution in [0.25, 0.3) is 5.69 Å². The lowest BCUT2D eigenvalue weighted by Crippen LogP contribution is -2.51. The standard InChI is InChI=1S/C18H22N4O2/c1-13-10-11-20-22(13)15-8-6-14(7-9-15)18(24)21-12-4-3-5-16(21)17(23)19-2/h6-11,16H,3-5,12H2,1-2H3,(H,19,23)/t16-/m0/s1. The molecular formula is C18H22N4O2. The molecule has 1 aliphatic rings. The SMILES string of the molecule is CNC(=O)[C@@H]1CCCCN1C(=O)c1ccc(-n2nccc2C)cc1. The number of benzene rings is 1. The highest BCUT2D eigenvalue weighted by Gasteiger charge is 2.31. The second-order valence-corrected chi connectivity index (χ2v) is 6.06. The molecule has 1 saturated heterocycles. The Hall–Kier alpha value is -2.63. The van der Waals surface area contributed by atoms with Gasteiger partial charge in [0.25, 0.3) is 5.91 Å². The minimum Gasteiger partial charge on any atom is -0.357 e. The summed E-state index contributed by atoms with van der Waals surface area (Å²) >= 11 is 0. The number of hydrogen-bond donors (Lipinski definition) is 1. The molecule has 126 valence electrons. The number of nitrogens with one attached hydrogen (secondary N) is 1. The monoisotopic (exact) mass is 326 g/mol. The van der Waals surface area contributed by atoms with Gasteiger partial charge in [-0.15, -0.1) is 0 Å². The molecular weight excluding hydrogens is 304 g/mol. The van der Waals surface area contributed by atoms with E-state index in [1.165, 1.54) is 0 Å². The smallest absolute Gasteiger partial charge is 0.254 e. The maximum Gasteiger partial charge on any atom is 0.254 e.